The van der Waals surface area contributed by atoms with Gasteiger partial charge in [0, 0.05) is 0 Å². The van der Waals surface area contributed by atoms with Gasteiger partial charge < -0.3 is 0 Å². The van der Waals surface area contributed by atoms with Crippen LogP contribution in [0.5, 0.6) is 0 Å². The minimum Gasteiger partial charge on any atom is -0.282 e. The molecule has 0 heterocycles. The van der Waals surface area contributed by atoms with Crippen LogP contribution in [0, 0.1) is 20.8 Å². The lowest BCUT2D eigenvalue weighted by atomic mass is 9.80. The van der Waals surface area contributed by atoms with Gasteiger partial charge in [-0.3, -0.25) is 4.55 Å². The summed E-state index contributed by atoms with van der Waals surface area (Å²) in [4.78, 5) is -0.564. The van der Waals surface area contributed by atoms with Crippen LogP contribution in [0.25, 0.3) is 44.5 Å². The van der Waals surface area contributed by atoms with Crippen LogP contribution in [0.4, 0.5) is 13.2 Å². The molecule has 0 spiro atoms. The Morgan fingerprint density at radius 3 is 1.69 bits per heavy atom. The monoisotopic (exact) mass is 662 g/mol. The van der Waals surface area contributed by atoms with Crippen molar-refractivity contribution in [2.24, 2.45) is 0 Å². The zero-order valence-electron chi connectivity index (χ0n) is 26.6. The van der Waals surface area contributed by atoms with Crippen molar-refractivity contribution in [1.82, 2.24) is 0 Å². The molecule has 6 aromatic carbocycles. The van der Waals surface area contributed by atoms with Gasteiger partial charge in [0.2, 0.25) is 0 Å². The van der Waals surface area contributed by atoms with Crippen LogP contribution in [0.2, 0.25) is 0 Å². The van der Waals surface area contributed by atoms with E-state index in [-0.39, 0.29) is 0 Å². The average molecular weight is 663 g/mol. The molecule has 0 saturated heterocycles. The Labute approximate surface area is 279 Å². The Morgan fingerprint density at radius 1 is 0.583 bits per heavy atom. The Bertz CT molecular complexity index is 2200. The minimum atomic E-state index is -4.52. The maximum atomic E-state index is 12.0. The second-order valence-corrected chi connectivity index (χ2v) is 13.5. The number of aryl methyl sites for hydroxylation is 3. The van der Waals surface area contributed by atoms with Crippen molar-refractivity contribution in [2.75, 3.05) is 0 Å². The Balaban J connectivity index is 0.000000242. The number of fused-ring (bicyclic) bond motifs is 3. The third kappa shape index (κ3) is 6.57. The quantitative estimate of drug-likeness (QED) is 0.191. The highest BCUT2D eigenvalue weighted by atomic mass is 32.2. The van der Waals surface area contributed by atoms with Gasteiger partial charge in [-0.1, -0.05) is 103 Å². The number of rotatable bonds is 4. The van der Waals surface area contributed by atoms with Gasteiger partial charge in [-0.25, -0.2) is 0 Å². The summed E-state index contributed by atoms with van der Waals surface area (Å²) in [5, 5.41) is 0. The van der Waals surface area contributed by atoms with E-state index in [1.165, 1.54) is 72.3 Å². The maximum Gasteiger partial charge on any atom is 0.416 e. The molecule has 0 unspecified atom stereocenters. The van der Waals surface area contributed by atoms with Crippen molar-refractivity contribution in [3.05, 3.63) is 161 Å². The fraction of sp³-hybridized carbons (Fsp3) is 0.122. The fourth-order valence-electron chi connectivity index (χ4n) is 6.69. The first-order valence-electron chi connectivity index (χ1n) is 15.4. The number of benzene rings is 6. The SMILES string of the molecule is Cc1cc(C)c(-c2c3c(cc(-c4ccccc4)c2-c2ccccc2)-c2ccccc2C3)c(C)c1.O=S(=O)(O)c1ccc(C(F)(F)F)cc1. The van der Waals surface area contributed by atoms with E-state index >= 15 is 0 Å². The standard InChI is InChI=1S/C34H28.C7H5F3O3S/c1-22-18-23(2)32(24(3)19-22)34-31-20-27-16-10-11-17-28(27)30(31)21-29(25-12-6-4-7-13-25)33(34)26-14-8-5-9-15-26;8-7(9,10)5-1-3-6(4-2-5)14(11,12)13/h4-19,21H,20H2,1-3H3;1-4H,(H,11,12,13). The summed E-state index contributed by atoms with van der Waals surface area (Å²) in [6, 6.07) is 40.4. The van der Waals surface area contributed by atoms with E-state index in [9.17, 15) is 21.6 Å². The van der Waals surface area contributed by atoms with Gasteiger partial charge in [-0.2, -0.15) is 21.6 Å². The smallest absolute Gasteiger partial charge is 0.282 e. The van der Waals surface area contributed by atoms with E-state index in [1.807, 2.05) is 0 Å². The van der Waals surface area contributed by atoms with Gasteiger partial charge >= 0.3 is 6.18 Å². The number of alkyl halides is 3. The lowest BCUT2D eigenvalue weighted by Gasteiger charge is -2.23. The normalized spacial score (nSPS) is 12.1. The van der Waals surface area contributed by atoms with Gasteiger partial charge in [0.25, 0.3) is 10.1 Å². The molecule has 0 atom stereocenters. The molecule has 242 valence electrons. The largest absolute Gasteiger partial charge is 0.416 e. The zero-order chi connectivity index (χ0) is 34.2. The zero-order valence-corrected chi connectivity index (χ0v) is 27.5. The summed E-state index contributed by atoms with van der Waals surface area (Å²) in [6.07, 6.45) is -3.54. The van der Waals surface area contributed by atoms with Crippen LogP contribution in [0.3, 0.4) is 0 Å². The molecule has 3 nitrogen and oxygen atoms in total. The summed E-state index contributed by atoms with van der Waals surface area (Å²) >= 11 is 0. The predicted octanol–water partition coefficient (Wildman–Crippen LogP) is 11.1. The number of halogens is 3. The average Bonchev–Trinajstić information content (AvgIpc) is 3.43. The molecule has 0 aliphatic heterocycles. The van der Waals surface area contributed by atoms with E-state index < -0.39 is 26.8 Å². The van der Waals surface area contributed by atoms with E-state index in [0.29, 0.717) is 24.3 Å². The van der Waals surface area contributed by atoms with Crippen LogP contribution in [0.1, 0.15) is 33.4 Å². The third-order valence-corrected chi connectivity index (χ3v) is 9.53. The first-order chi connectivity index (χ1) is 22.8. The Hall–Kier alpha value is -4.98. The topological polar surface area (TPSA) is 54.4 Å². The maximum absolute atomic E-state index is 12.0. The minimum absolute atomic E-state index is 0.564. The van der Waals surface area contributed by atoms with Crippen LogP contribution in [0.15, 0.2) is 132 Å². The van der Waals surface area contributed by atoms with Gasteiger partial charge in [0.15, 0.2) is 0 Å². The molecule has 0 saturated carbocycles. The van der Waals surface area contributed by atoms with E-state index in [0.717, 1.165) is 6.42 Å². The van der Waals surface area contributed by atoms with Crippen molar-refractivity contribution in [3.63, 3.8) is 0 Å². The second kappa shape index (κ2) is 12.9. The van der Waals surface area contributed by atoms with Crippen molar-refractivity contribution < 1.29 is 26.1 Å². The first-order valence-corrected chi connectivity index (χ1v) is 16.9. The molecule has 0 amide bonds. The molecule has 0 radical (unpaired) electrons. The van der Waals surface area contributed by atoms with Gasteiger partial charge in [-0.05, 0) is 124 Å². The Kier molecular flexibility index (Phi) is 8.86. The highest BCUT2D eigenvalue weighted by Gasteiger charge is 2.31. The molecule has 1 aliphatic rings. The summed E-state index contributed by atoms with van der Waals surface area (Å²) in [5.41, 5.74) is 16.6. The summed E-state index contributed by atoms with van der Waals surface area (Å²) < 4.78 is 65.4. The van der Waals surface area contributed by atoms with Gasteiger partial charge in [0.1, 0.15) is 0 Å². The summed E-state index contributed by atoms with van der Waals surface area (Å²) in [5.74, 6) is 0. The highest BCUT2D eigenvalue weighted by molar-refractivity contribution is 7.85. The van der Waals surface area contributed by atoms with Gasteiger partial charge in [-0.15, -0.1) is 0 Å². The van der Waals surface area contributed by atoms with Gasteiger partial charge in [0.05, 0.1) is 10.5 Å². The molecule has 0 fully saturated rings. The van der Waals surface area contributed by atoms with Crippen LogP contribution in [-0.2, 0) is 22.7 Å². The summed E-state index contributed by atoms with van der Waals surface area (Å²) in [7, 11) is -4.43. The first kappa shape index (κ1) is 32.9. The molecule has 7 heteroatoms. The lowest BCUT2D eigenvalue weighted by Crippen LogP contribution is -2.05. The third-order valence-electron chi connectivity index (χ3n) is 8.66. The Morgan fingerprint density at radius 2 is 1.12 bits per heavy atom. The van der Waals surface area contributed by atoms with Crippen LogP contribution < -0.4 is 0 Å². The molecule has 6 aromatic rings. The fourth-order valence-corrected chi connectivity index (χ4v) is 7.17. The molecular weight excluding hydrogens is 630 g/mol. The molecule has 0 bridgehead atoms. The van der Waals surface area contributed by atoms with Crippen LogP contribution >= 0.6 is 0 Å². The molecular formula is C41H33F3O3S. The van der Waals surface area contributed by atoms with E-state index in [1.54, 1.807) is 0 Å². The predicted molar refractivity (Wildman–Crippen MR) is 186 cm³/mol. The molecule has 1 N–H and O–H groups in total. The van der Waals surface area contributed by atoms with Crippen molar-refractivity contribution in [1.29, 1.82) is 0 Å². The molecule has 1 aliphatic carbocycles. The van der Waals surface area contributed by atoms with E-state index in [4.69, 9.17) is 4.55 Å². The van der Waals surface area contributed by atoms with E-state index in [2.05, 4.69) is 124 Å². The van der Waals surface area contributed by atoms with Crippen molar-refractivity contribution in [2.45, 2.75) is 38.3 Å². The summed E-state index contributed by atoms with van der Waals surface area (Å²) in [6.45, 7) is 6.74. The van der Waals surface area contributed by atoms with Crippen LogP contribution in [-0.4, -0.2) is 13.0 Å². The molecule has 0 aromatic heterocycles. The molecule has 48 heavy (non-hydrogen) atoms. The van der Waals surface area contributed by atoms with Crippen molar-refractivity contribution in [3.8, 4) is 44.5 Å². The second-order valence-electron chi connectivity index (χ2n) is 12.0. The number of hydrogen-bond acceptors (Lipinski definition) is 2. The lowest BCUT2D eigenvalue weighted by molar-refractivity contribution is -0.137. The van der Waals surface area contributed by atoms with Crippen molar-refractivity contribution >= 4 is 10.1 Å². The number of hydrogen-bond donors (Lipinski definition) is 1. The highest BCUT2D eigenvalue weighted by Crippen LogP contribution is 2.51. The molecule has 7 rings (SSSR count).